The van der Waals surface area contributed by atoms with Gasteiger partial charge in [-0.15, -0.1) is 0 Å². The number of hydrogen-bond acceptors (Lipinski definition) is 4. The van der Waals surface area contributed by atoms with Crippen LogP contribution in [0.4, 0.5) is 32.0 Å². The summed E-state index contributed by atoms with van der Waals surface area (Å²) in [5, 5.41) is 2.00. The number of halogens is 6. The number of carbonyl (C=O) groups excluding carboxylic acids is 2. The molecule has 0 aliphatic heterocycles. The van der Waals surface area contributed by atoms with Crippen LogP contribution in [0.5, 0.6) is 0 Å². The van der Waals surface area contributed by atoms with Crippen molar-refractivity contribution >= 4 is 27.3 Å². The maximum Gasteiger partial charge on any atom is 0.501 e. The van der Waals surface area contributed by atoms with Gasteiger partial charge in [0.25, 0.3) is 15.7 Å². The molecule has 0 aliphatic rings. The number of nitrogens with one attached hydrogen (secondary N) is 1. The van der Waals surface area contributed by atoms with E-state index in [1.807, 2.05) is 5.32 Å². The summed E-state index contributed by atoms with van der Waals surface area (Å²) < 4.78 is 101. The number of alkyl halides is 3. The number of nitrogens with zero attached hydrogens (tertiary/aromatic N) is 1. The van der Waals surface area contributed by atoms with Crippen LogP contribution in [-0.4, -0.2) is 43.7 Å². The monoisotopic (exact) mass is 482 g/mol. The second-order valence-electron chi connectivity index (χ2n) is 6.47. The number of benzene rings is 2. The van der Waals surface area contributed by atoms with Gasteiger partial charge < -0.3 is 10.2 Å². The highest BCUT2D eigenvalue weighted by Gasteiger charge is 2.46. The molecule has 1 N–H and O–H groups in total. The summed E-state index contributed by atoms with van der Waals surface area (Å²) in [6.07, 6.45) is 0.360. The molecule has 174 valence electrons. The molecule has 0 aromatic heterocycles. The lowest BCUT2D eigenvalue weighted by atomic mass is 10.2. The van der Waals surface area contributed by atoms with Gasteiger partial charge in [-0.1, -0.05) is 6.92 Å². The van der Waals surface area contributed by atoms with Crippen LogP contribution < -0.4 is 5.32 Å². The lowest BCUT2D eigenvalue weighted by molar-refractivity contribution is -0.116. The van der Waals surface area contributed by atoms with Crippen LogP contribution in [0.3, 0.4) is 0 Å². The molecular weight excluding hydrogens is 466 g/mol. The molecule has 0 unspecified atom stereocenters. The van der Waals surface area contributed by atoms with Gasteiger partial charge in [-0.2, -0.15) is 13.2 Å². The topological polar surface area (TPSA) is 83.6 Å². The van der Waals surface area contributed by atoms with E-state index in [0.29, 0.717) is 24.6 Å². The fraction of sp³-hybridized carbons (Fsp3) is 0.263. The van der Waals surface area contributed by atoms with Crippen LogP contribution in [0.2, 0.25) is 0 Å². The molecule has 0 spiro atoms. The second kappa shape index (κ2) is 9.59. The molecule has 2 aromatic rings. The van der Waals surface area contributed by atoms with Crippen molar-refractivity contribution < 1.29 is 44.3 Å². The molecule has 2 aromatic carbocycles. The third-order valence-electron chi connectivity index (χ3n) is 4.14. The van der Waals surface area contributed by atoms with Gasteiger partial charge in [0.05, 0.1) is 10.6 Å². The van der Waals surface area contributed by atoms with E-state index >= 15 is 0 Å². The molecule has 0 saturated heterocycles. The molecule has 0 aliphatic carbocycles. The number of carbonyl (C=O) groups is 2. The average Bonchev–Trinajstić information content (AvgIpc) is 2.72. The number of amides is 2. The minimum atomic E-state index is -5.60. The number of rotatable bonds is 7. The summed E-state index contributed by atoms with van der Waals surface area (Å²) in [6, 6.07) is 4.32. The van der Waals surface area contributed by atoms with E-state index < -0.39 is 61.7 Å². The summed E-state index contributed by atoms with van der Waals surface area (Å²) in [6.45, 7) is 1.02. The Morgan fingerprint density at radius 3 is 2.09 bits per heavy atom. The molecule has 0 bridgehead atoms. The first-order valence-corrected chi connectivity index (χ1v) is 10.4. The number of hydrogen-bond donors (Lipinski definition) is 1. The van der Waals surface area contributed by atoms with Gasteiger partial charge in [-0.05, 0) is 42.8 Å². The first kappa shape index (κ1) is 25.2. The summed E-state index contributed by atoms with van der Waals surface area (Å²) in [5.41, 5.74) is -6.37. The SMILES string of the molecule is CCCN(CC(=O)Nc1ccc(F)c(F)c1F)C(=O)c1ccc(S(=O)(=O)C(F)(F)F)cc1. The Balaban J connectivity index is 2.19. The normalized spacial score (nSPS) is 11.8. The third-order valence-corrected chi connectivity index (χ3v) is 5.64. The van der Waals surface area contributed by atoms with Gasteiger partial charge >= 0.3 is 5.51 Å². The number of sulfone groups is 1. The van der Waals surface area contributed by atoms with Gasteiger partial charge in [0.15, 0.2) is 17.5 Å². The molecule has 0 fully saturated rings. The van der Waals surface area contributed by atoms with Crippen molar-refractivity contribution in [3.05, 3.63) is 59.4 Å². The first-order chi connectivity index (χ1) is 14.8. The summed E-state index contributed by atoms with van der Waals surface area (Å²) in [4.78, 5) is 24.7. The molecular formula is C19H16F6N2O4S. The van der Waals surface area contributed by atoms with Crippen molar-refractivity contribution in [1.29, 1.82) is 0 Å². The summed E-state index contributed by atoms with van der Waals surface area (Å²) >= 11 is 0. The van der Waals surface area contributed by atoms with Gasteiger partial charge in [0.1, 0.15) is 6.54 Å². The minimum absolute atomic E-state index is 0.00904. The lowest BCUT2D eigenvalue weighted by Gasteiger charge is -2.22. The standard InChI is InChI=1S/C19H16F6N2O4S/c1-2-9-27(10-15(28)26-14-8-7-13(20)16(21)17(14)22)18(29)11-3-5-12(6-4-11)32(30,31)19(23,24)25/h3-8H,2,9-10H2,1H3,(H,26,28). The first-order valence-electron chi connectivity index (χ1n) is 8.93. The van der Waals surface area contributed by atoms with E-state index in [4.69, 9.17) is 0 Å². The van der Waals surface area contributed by atoms with Crippen molar-refractivity contribution in [2.75, 3.05) is 18.4 Å². The smallest absolute Gasteiger partial charge is 0.329 e. The highest BCUT2D eigenvalue weighted by atomic mass is 32.2. The van der Waals surface area contributed by atoms with Gasteiger partial charge in [-0.25, -0.2) is 21.6 Å². The molecule has 13 heteroatoms. The van der Waals surface area contributed by atoms with E-state index in [0.717, 1.165) is 23.1 Å². The molecule has 0 atom stereocenters. The van der Waals surface area contributed by atoms with Crippen LogP contribution >= 0.6 is 0 Å². The Labute approximate surface area is 178 Å². The molecule has 2 amide bonds. The fourth-order valence-electron chi connectivity index (χ4n) is 2.60. The second-order valence-corrected chi connectivity index (χ2v) is 8.41. The van der Waals surface area contributed by atoms with Gasteiger partial charge in [0, 0.05) is 12.1 Å². The third kappa shape index (κ3) is 5.39. The van der Waals surface area contributed by atoms with Crippen molar-refractivity contribution in [1.82, 2.24) is 4.90 Å². The number of anilines is 1. The van der Waals surface area contributed by atoms with Crippen molar-refractivity contribution in [2.24, 2.45) is 0 Å². The van der Waals surface area contributed by atoms with Crippen LogP contribution in [0.25, 0.3) is 0 Å². The Morgan fingerprint density at radius 1 is 0.969 bits per heavy atom. The molecule has 0 saturated carbocycles. The average molecular weight is 482 g/mol. The zero-order valence-corrected chi connectivity index (χ0v) is 17.2. The maximum absolute atomic E-state index is 13.7. The molecule has 2 rings (SSSR count). The summed E-state index contributed by atoms with van der Waals surface area (Å²) in [5.74, 6) is -6.65. The minimum Gasteiger partial charge on any atom is -0.329 e. The van der Waals surface area contributed by atoms with E-state index in [1.165, 1.54) is 0 Å². The highest BCUT2D eigenvalue weighted by Crippen LogP contribution is 2.30. The van der Waals surface area contributed by atoms with Crippen molar-refractivity contribution in [3.63, 3.8) is 0 Å². The lowest BCUT2D eigenvalue weighted by Crippen LogP contribution is -2.38. The Kier molecular flexibility index (Phi) is 7.54. The van der Waals surface area contributed by atoms with Gasteiger partial charge in [-0.3, -0.25) is 9.59 Å². The molecule has 0 heterocycles. The maximum atomic E-state index is 13.7. The summed E-state index contributed by atoms with van der Waals surface area (Å²) in [7, 11) is -5.60. The van der Waals surface area contributed by atoms with Gasteiger partial charge in [0.2, 0.25) is 5.91 Å². The predicted molar refractivity (Wildman–Crippen MR) is 101 cm³/mol. The Hall–Kier alpha value is -3.09. The molecule has 6 nitrogen and oxygen atoms in total. The quantitative estimate of drug-likeness (QED) is 0.480. The van der Waals surface area contributed by atoms with E-state index in [2.05, 4.69) is 0 Å². The fourth-order valence-corrected chi connectivity index (χ4v) is 3.36. The van der Waals surface area contributed by atoms with Crippen LogP contribution in [0.1, 0.15) is 23.7 Å². The van der Waals surface area contributed by atoms with Crippen molar-refractivity contribution in [3.8, 4) is 0 Å². The van der Waals surface area contributed by atoms with E-state index in [-0.39, 0.29) is 12.1 Å². The van der Waals surface area contributed by atoms with Crippen molar-refractivity contribution in [2.45, 2.75) is 23.7 Å². The molecule has 32 heavy (non-hydrogen) atoms. The van der Waals surface area contributed by atoms with Crippen LogP contribution in [0, 0.1) is 17.5 Å². The zero-order valence-electron chi connectivity index (χ0n) is 16.3. The molecule has 0 radical (unpaired) electrons. The van der Waals surface area contributed by atoms with Crippen LogP contribution in [0.15, 0.2) is 41.3 Å². The zero-order chi connectivity index (χ0) is 24.3. The van der Waals surface area contributed by atoms with E-state index in [1.54, 1.807) is 6.92 Å². The largest absolute Gasteiger partial charge is 0.501 e. The Bertz CT molecular complexity index is 1120. The van der Waals surface area contributed by atoms with Crippen LogP contribution in [-0.2, 0) is 14.6 Å². The predicted octanol–water partition coefficient (Wildman–Crippen LogP) is 3.89. The highest BCUT2D eigenvalue weighted by molar-refractivity contribution is 7.92. The van der Waals surface area contributed by atoms with E-state index in [9.17, 15) is 44.3 Å². The Morgan fingerprint density at radius 2 is 1.56 bits per heavy atom.